The first kappa shape index (κ1) is 16.1. The van der Waals surface area contributed by atoms with E-state index in [1.807, 2.05) is 0 Å². The molecule has 1 aromatic carbocycles. The Kier molecular flexibility index (Phi) is 5.41. The first-order chi connectivity index (χ1) is 8.28. The van der Waals surface area contributed by atoms with Crippen molar-refractivity contribution in [2.24, 2.45) is 0 Å². The molecule has 0 heterocycles. The van der Waals surface area contributed by atoms with Crippen LogP contribution in [-0.4, -0.2) is 22.9 Å². The molecule has 102 valence electrons. The van der Waals surface area contributed by atoms with Gasteiger partial charge in [0.25, 0.3) is 0 Å². The number of aliphatic hydroxyl groups is 1. The second kappa shape index (κ2) is 6.03. The van der Waals surface area contributed by atoms with E-state index < -0.39 is 19.6 Å². The third-order valence-corrected chi connectivity index (χ3v) is 8.28. The van der Waals surface area contributed by atoms with Crippen LogP contribution >= 0.6 is 31.9 Å². The van der Waals surface area contributed by atoms with Crippen LogP contribution in [0.25, 0.3) is 0 Å². The quantitative estimate of drug-likeness (QED) is 0.771. The van der Waals surface area contributed by atoms with E-state index in [9.17, 15) is 13.5 Å². The molecule has 0 bridgehead atoms. The van der Waals surface area contributed by atoms with Crippen LogP contribution in [0.2, 0.25) is 0 Å². The lowest BCUT2D eigenvalue weighted by Gasteiger charge is -2.31. The molecule has 3 nitrogen and oxygen atoms in total. The van der Waals surface area contributed by atoms with E-state index in [1.165, 1.54) is 0 Å². The first-order valence-electron chi connectivity index (χ1n) is 5.63. The van der Waals surface area contributed by atoms with Crippen molar-refractivity contribution < 1.29 is 13.5 Å². The summed E-state index contributed by atoms with van der Waals surface area (Å²) in [5, 5.41) is 10.4. The monoisotopic (exact) mass is 398 g/mol. The molecular formula is C12H16Br2O3S. The van der Waals surface area contributed by atoms with Crippen LogP contribution in [0, 0.1) is 0 Å². The molecule has 18 heavy (non-hydrogen) atoms. The van der Waals surface area contributed by atoms with Crippen molar-refractivity contribution in [2.75, 3.05) is 5.75 Å². The van der Waals surface area contributed by atoms with Crippen LogP contribution in [-0.2, 0) is 9.84 Å². The molecule has 0 aliphatic carbocycles. The number of hydrogen-bond acceptors (Lipinski definition) is 3. The molecule has 0 aliphatic heterocycles. The smallest absolute Gasteiger partial charge is 0.168 e. The van der Waals surface area contributed by atoms with Crippen molar-refractivity contribution >= 4 is 41.7 Å². The van der Waals surface area contributed by atoms with E-state index in [0.717, 1.165) is 4.47 Å². The molecule has 0 aliphatic rings. The molecular weight excluding hydrogens is 384 g/mol. The lowest BCUT2D eigenvalue weighted by Crippen LogP contribution is -2.39. The Balaban J connectivity index is 3.21. The molecule has 1 aromatic rings. The number of hydrogen-bond donors (Lipinski definition) is 1. The Morgan fingerprint density at radius 2 is 1.78 bits per heavy atom. The molecule has 2 atom stereocenters. The van der Waals surface area contributed by atoms with E-state index >= 15 is 0 Å². The fraction of sp³-hybridized carbons (Fsp3) is 0.500. The zero-order valence-corrected chi connectivity index (χ0v) is 14.2. The van der Waals surface area contributed by atoms with Crippen molar-refractivity contribution in [3.05, 3.63) is 34.3 Å². The van der Waals surface area contributed by atoms with Crippen LogP contribution in [0.4, 0.5) is 0 Å². The number of sulfone groups is 1. The van der Waals surface area contributed by atoms with Crippen LogP contribution in [0.1, 0.15) is 31.9 Å². The fourth-order valence-corrected chi connectivity index (χ4v) is 4.33. The minimum Gasteiger partial charge on any atom is -0.386 e. The zero-order valence-electron chi connectivity index (χ0n) is 10.2. The van der Waals surface area contributed by atoms with Gasteiger partial charge in [-0.2, -0.15) is 0 Å². The summed E-state index contributed by atoms with van der Waals surface area (Å²) in [4.78, 5) is 0. The van der Waals surface area contributed by atoms with E-state index in [-0.39, 0.29) is 5.75 Å². The fourth-order valence-electron chi connectivity index (χ4n) is 1.72. The normalized spacial score (nSPS) is 17.2. The SMILES string of the molecule is CC[C@](Br)([C@@H](O)c1ccc(Br)cc1)S(=O)(=O)CC. The number of halogens is 2. The number of alkyl halides is 1. The van der Waals surface area contributed by atoms with Crippen LogP contribution in [0.15, 0.2) is 28.7 Å². The highest BCUT2D eigenvalue weighted by Gasteiger charge is 2.45. The van der Waals surface area contributed by atoms with Crippen molar-refractivity contribution in [1.29, 1.82) is 0 Å². The van der Waals surface area contributed by atoms with Gasteiger partial charge >= 0.3 is 0 Å². The molecule has 1 N–H and O–H groups in total. The maximum atomic E-state index is 12.1. The van der Waals surface area contributed by atoms with Crippen molar-refractivity contribution in [1.82, 2.24) is 0 Å². The standard InChI is InChI=1S/C12H16Br2O3S/c1-3-12(14,18(16,17)4-2)11(15)9-5-7-10(13)8-6-9/h5-8,11,15H,3-4H2,1-2H3/t11-,12+/m0/s1. The van der Waals surface area contributed by atoms with Crippen molar-refractivity contribution in [3.8, 4) is 0 Å². The van der Waals surface area contributed by atoms with Gasteiger partial charge in [0.05, 0.1) is 0 Å². The van der Waals surface area contributed by atoms with Gasteiger partial charge in [0.15, 0.2) is 13.5 Å². The highest BCUT2D eigenvalue weighted by atomic mass is 79.9. The summed E-state index contributed by atoms with van der Waals surface area (Å²) in [5.74, 6) is -0.0142. The first-order valence-corrected chi connectivity index (χ1v) is 8.87. The predicted octanol–water partition coefficient (Wildman–Crippen LogP) is 3.42. The van der Waals surface area contributed by atoms with Crippen molar-refractivity contribution in [3.63, 3.8) is 0 Å². The van der Waals surface area contributed by atoms with Crippen LogP contribution in [0.3, 0.4) is 0 Å². The third kappa shape index (κ3) is 2.98. The van der Waals surface area contributed by atoms with Gasteiger partial charge in [-0.1, -0.05) is 57.8 Å². The Morgan fingerprint density at radius 3 is 2.17 bits per heavy atom. The summed E-state index contributed by atoms with van der Waals surface area (Å²) in [6.45, 7) is 3.32. The summed E-state index contributed by atoms with van der Waals surface area (Å²) in [6, 6.07) is 6.98. The Morgan fingerprint density at radius 1 is 1.28 bits per heavy atom. The maximum absolute atomic E-state index is 12.1. The summed E-state index contributed by atoms with van der Waals surface area (Å²) in [6.07, 6.45) is -0.805. The van der Waals surface area contributed by atoms with E-state index in [2.05, 4.69) is 31.9 Å². The Bertz CT molecular complexity index is 499. The van der Waals surface area contributed by atoms with E-state index in [1.54, 1.807) is 38.1 Å². The topological polar surface area (TPSA) is 54.4 Å². The Labute approximate surface area is 125 Å². The molecule has 0 saturated carbocycles. The molecule has 1 rings (SSSR count). The Hall–Kier alpha value is 0.0900. The van der Waals surface area contributed by atoms with Crippen LogP contribution < -0.4 is 0 Å². The summed E-state index contributed by atoms with van der Waals surface area (Å²) in [7, 11) is -3.41. The molecule has 0 aromatic heterocycles. The van der Waals surface area contributed by atoms with Gasteiger partial charge in [0.2, 0.25) is 0 Å². The van der Waals surface area contributed by atoms with E-state index in [4.69, 9.17) is 0 Å². The van der Waals surface area contributed by atoms with E-state index in [0.29, 0.717) is 12.0 Å². The van der Waals surface area contributed by atoms with Crippen molar-refractivity contribution in [2.45, 2.75) is 30.0 Å². The minimum absolute atomic E-state index is 0.0142. The van der Waals surface area contributed by atoms with Gasteiger partial charge in [-0.3, -0.25) is 0 Å². The molecule has 0 saturated heterocycles. The van der Waals surface area contributed by atoms with Gasteiger partial charge in [-0.15, -0.1) is 0 Å². The maximum Gasteiger partial charge on any atom is 0.168 e. The summed E-state index contributed by atoms with van der Waals surface area (Å²) >= 11 is 6.54. The molecule has 6 heteroatoms. The second-order valence-corrected chi connectivity index (χ2v) is 9.39. The lowest BCUT2D eigenvalue weighted by molar-refractivity contribution is 0.160. The van der Waals surface area contributed by atoms with Gasteiger partial charge < -0.3 is 5.11 Å². The molecule has 0 spiro atoms. The average Bonchev–Trinajstić information content (AvgIpc) is 2.37. The zero-order chi connectivity index (χ0) is 14.0. The predicted molar refractivity (Wildman–Crippen MR) is 80.5 cm³/mol. The average molecular weight is 400 g/mol. The summed E-state index contributed by atoms with van der Waals surface area (Å²) in [5.41, 5.74) is 0.578. The number of aliphatic hydroxyl groups excluding tert-OH is 1. The highest BCUT2D eigenvalue weighted by molar-refractivity contribution is 9.11. The largest absolute Gasteiger partial charge is 0.386 e. The van der Waals surface area contributed by atoms with Gasteiger partial charge in [0, 0.05) is 10.2 Å². The lowest BCUT2D eigenvalue weighted by atomic mass is 10.1. The molecule has 0 unspecified atom stereocenters. The van der Waals surface area contributed by atoms with Gasteiger partial charge in [-0.25, -0.2) is 8.42 Å². The third-order valence-electron chi connectivity index (χ3n) is 2.97. The number of benzene rings is 1. The van der Waals surface area contributed by atoms with Crippen LogP contribution in [0.5, 0.6) is 0 Å². The van der Waals surface area contributed by atoms with Gasteiger partial charge in [-0.05, 0) is 24.1 Å². The number of rotatable bonds is 5. The second-order valence-electron chi connectivity index (χ2n) is 4.00. The minimum atomic E-state index is -3.41. The molecule has 0 radical (unpaired) electrons. The molecule has 0 fully saturated rings. The summed E-state index contributed by atoms with van der Waals surface area (Å²) < 4.78 is 23.8. The van der Waals surface area contributed by atoms with Gasteiger partial charge in [0.1, 0.15) is 6.10 Å². The highest BCUT2D eigenvalue weighted by Crippen LogP contribution is 2.42. The molecule has 0 amide bonds.